The molecule has 0 saturated carbocycles. The van der Waals surface area contributed by atoms with Gasteiger partial charge in [-0.05, 0) is 43.3 Å². The van der Waals surface area contributed by atoms with Crippen molar-refractivity contribution < 1.29 is 41.8 Å². The van der Waals surface area contributed by atoms with Crippen LogP contribution in [-0.2, 0) is 20.6 Å². The summed E-state index contributed by atoms with van der Waals surface area (Å²) in [5.41, 5.74) is 1.03. The molecule has 3 rings (SSSR count). The number of halogens is 3. The number of alkyl halides is 3. The SMILES string of the molecule is CC=CC(=O)N(NC(=O)c1ccc(OC)c(OC)c1)C1CC(=O)N(c2cccc(C(F)(F)F)c2)C1=O. The van der Waals surface area contributed by atoms with E-state index in [-0.39, 0.29) is 17.0 Å². The predicted molar refractivity (Wildman–Crippen MR) is 121 cm³/mol. The number of amides is 4. The highest BCUT2D eigenvalue weighted by molar-refractivity contribution is 6.23. The number of anilines is 1. The van der Waals surface area contributed by atoms with Gasteiger partial charge in [-0.1, -0.05) is 12.1 Å². The topological polar surface area (TPSA) is 105 Å². The fourth-order valence-corrected chi connectivity index (χ4v) is 3.57. The molecule has 1 N–H and O–H groups in total. The van der Waals surface area contributed by atoms with Gasteiger partial charge in [0, 0.05) is 11.6 Å². The molecule has 2 aromatic carbocycles. The summed E-state index contributed by atoms with van der Waals surface area (Å²) in [7, 11) is 2.78. The number of allylic oxidation sites excluding steroid dienone is 1. The van der Waals surface area contributed by atoms with Crippen molar-refractivity contribution in [3.8, 4) is 11.5 Å². The van der Waals surface area contributed by atoms with Gasteiger partial charge in [0.15, 0.2) is 11.5 Å². The lowest BCUT2D eigenvalue weighted by molar-refractivity contribution is -0.137. The van der Waals surface area contributed by atoms with Crippen LogP contribution in [0.25, 0.3) is 0 Å². The second-order valence-corrected chi connectivity index (χ2v) is 7.55. The van der Waals surface area contributed by atoms with E-state index < -0.39 is 47.8 Å². The molecular formula is C24H22F3N3O6. The van der Waals surface area contributed by atoms with Crippen LogP contribution in [0.1, 0.15) is 29.3 Å². The van der Waals surface area contributed by atoms with Gasteiger partial charge in [-0.2, -0.15) is 13.2 Å². The van der Waals surface area contributed by atoms with Gasteiger partial charge < -0.3 is 9.47 Å². The van der Waals surface area contributed by atoms with Crippen molar-refractivity contribution in [3.05, 3.63) is 65.7 Å². The van der Waals surface area contributed by atoms with Crippen molar-refractivity contribution in [2.45, 2.75) is 25.6 Å². The number of rotatable bonds is 6. The van der Waals surface area contributed by atoms with Gasteiger partial charge >= 0.3 is 6.18 Å². The standard InChI is InChI=1S/C24H22F3N3O6/c1-4-6-20(31)30(28-22(33)14-9-10-18(35-2)19(11-14)36-3)17-13-21(32)29(23(17)34)16-8-5-7-15(12-16)24(25,26)27/h4-12,17H,13H2,1-3H3,(H,28,33). The van der Waals surface area contributed by atoms with E-state index in [1.165, 1.54) is 51.5 Å². The Labute approximate surface area is 204 Å². The van der Waals surface area contributed by atoms with E-state index in [2.05, 4.69) is 5.43 Å². The third kappa shape index (κ3) is 5.32. The fraction of sp³-hybridized carbons (Fsp3) is 0.250. The van der Waals surface area contributed by atoms with Crippen LogP contribution in [0.3, 0.4) is 0 Å². The van der Waals surface area contributed by atoms with Gasteiger partial charge in [0.05, 0.1) is 31.9 Å². The minimum absolute atomic E-state index is 0.0532. The number of hydrogen-bond donors (Lipinski definition) is 1. The van der Waals surface area contributed by atoms with Gasteiger partial charge in [0.2, 0.25) is 5.91 Å². The molecule has 1 aliphatic heterocycles. The van der Waals surface area contributed by atoms with Crippen LogP contribution in [0.15, 0.2) is 54.6 Å². The Morgan fingerprint density at radius 1 is 1.08 bits per heavy atom. The highest BCUT2D eigenvalue weighted by Crippen LogP contribution is 2.34. The molecule has 0 radical (unpaired) electrons. The highest BCUT2D eigenvalue weighted by Gasteiger charge is 2.45. The molecule has 0 bridgehead atoms. The third-order valence-electron chi connectivity index (χ3n) is 5.28. The van der Waals surface area contributed by atoms with Crippen molar-refractivity contribution in [2.24, 2.45) is 0 Å². The number of carbonyl (C=O) groups is 4. The van der Waals surface area contributed by atoms with Crippen molar-refractivity contribution in [1.82, 2.24) is 10.4 Å². The summed E-state index contributed by atoms with van der Waals surface area (Å²) in [5.74, 6) is -2.83. The number of imide groups is 1. The number of benzene rings is 2. The molecule has 1 saturated heterocycles. The van der Waals surface area contributed by atoms with E-state index in [0.29, 0.717) is 21.7 Å². The van der Waals surface area contributed by atoms with E-state index in [1.54, 1.807) is 0 Å². The maximum absolute atomic E-state index is 13.1. The average molecular weight is 505 g/mol. The van der Waals surface area contributed by atoms with Crippen LogP contribution in [0.2, 0.25) is 0 Å². The monoisotopic (exact) mass is 505 g/mol. The lowest BCUT2D eigenvalue weighted by Crippen LogP contribution is -2.54. The number of hydrazine groups is 1. The molecule has 0 aromatic heterocycles. The smallest absolute Gasteiger partial charge is 0.416 e. The lowest BCUT2D eigenvalue weighted by Gasteiger charge is -2.27. The molecule has 1 unspecified atom stereocenters. The first kappa shape index (κ1) is 26.3. The minimum atomic E-state index is -4.69. The summed E-state index contributed by atoms with van der Waals surface area (Å²) in [5, 5.41) is 0.687. The first-order chi connectivity index (χ1) is 17.0. The van der Waals surface area contributed by atoms with E-state index in [0.717, 1.165) is 18.2 Å². The third-order valence-corrected chi connectivity index (χ3v) is 5.28. The molecule has 0 aliphatic carbocycles. The summed E-state index contributed by atoms with van der Waals surface area (Å²) < 4.78 is 49.7. The van der Waals surface area contributed by atoms with E-state index in [1.807, 2.05) is 0 Å². The zero-order valence-corrected chi connectivity index (χ0v) is 19.5. The first-order valence-corrected chi connectivity index (χ1v) is 10.5. The molecule has 36 heavy (non-hydrogen) atoms. The van der Waals surface area contributed by atoms with Crippen molar-refractivity contribution in [3.63, 3.8) is 0 Å². The summed E-state index contributed by atoms with van der Waals surface area (Å²) in [6, 6.07) is 6.43. The molecule has 1 heterocycles. The lowest BCUT2D eigenvalue weighted by atomic mass is 10.2. The van der Waals surface area contributed by atoms with Crippen LogP contribution in [0.4, 0.5) is 18.9 Å². The molecule has 190 valence electrons. The van der Waals surface area contributed by atoms with E-state index >= 15 is 0 Å². The summed E-state index contributed by atoms with van der Waals surface area (Å²) >= 11 is 0. The molecule has 4 amide bonds. The predicted octanol–water partition coefficient (Wildman–Crippen LogP) is 3.10. The Morgan fingerprint density at radius 3 is 2.39 bits per heavy atom. The quantitative estimate of drug-likeness (QED) is 0.368. The Hall–Kier alpha value is -4.35. The summed E-state index contributed by atoms with van der Waals surface area (Å²) in [6.07, 6.45) is -2.81. The molecule has 1 aliphatic rings. The Kier molecular flexibility index (Phi) is 7.66. The average Bonchev–Trinajstić information content (AvgIpc) is 3.14. The Bertz CT molecular complexity index is 1230. The molecule has 0 spiro atoms. The molecule has 1 atom stereocenters. The van der Waals surface area contributed by atoms with Gasteiger partial charge in [-0.25, -0.2) is 9.91 Å². The summed E-state index contributed by atoms with van der Waals surface area (Å²) in [4.78, 5) is 52.1. The van der Waals surface area contributed by atoms with E-state index in [9.17, 15) is 32.3 Å². The maximum atomic E-state index is 13.1. The van der Waals surface area contributed by atoms with E-state index in [4.69, 9.17) is 9.47 Å². The van der Waals surface area contributed by atoms with Crippen LogP contribution < -0.4 is 19.8 Å². The highest BCUT2D eigenvalue weighted by atomic mass is 19.4. The molecule has 1 fully saturated rings. The number of hydrogen-bond acceptors (Lipinski definition) is 6. The molecule has 12 heteroatoms. The van der Waals surface area contributed by atoms with Crippen LogP contribution in [-0.4, -0.2) is 48.9 Å². The fourth-order valence-electron chi connectivity index (χ4n) is 3.57. The number of methoxy groups -OCH3 is 2. The van der Waals surface area contributed by atoms with Crippen LogP contribution in [0, 0.1) is 0 Å². The Morgan fingerprint density at radius 2 is 1.78 bits per heavy atom. The second-order valence-electron chi connectivity index (χ2n) is 7.55. The van der Waals surface area contributed by atoms with Gasteiger partial charge in [-0.15, -0.1) is 0 Å². The van der Waals surface area contributed by atoms with Gasteiger partial charge in [-0.3, -0.25) is 24.6 Å². The number of nitrogens with zero attached hydrogens (tertiary/aromatic N) is 2. The van der Waals surface area contributed by atoms with Gasteiger partial charge in [0.25, 0.3) is 17.7 Å². The molecule has 9 nitrogen and oxygen atoms in total. The molecular weight excluding hydrogens is 483 g/mol. The minimum Gasteiger partial charge on any atom is -0.493 e. The van der Waals surface area contributed by atoms with Crippen molar-refractivity contribution >= 4 is 29.3 Å². The molecule has 2 aromatic rings. The van der Waals surface area contributed by atoms with Crippen molar-refractivity contribution in [2.75, 3.05) is 19.1 Å². The zero-order chi connectivity index (χ0) is 26.6. The number of ether oxygens (including phenoxy) is 2. The van der Waals surface area contributed by atoms with Crippen LogP contribution >= 0.6 is 0 Å². The van der Waals surface area contributed by atoms with Crippen molar-refractivity contribution in [1.29, 1.82) is 0 Å². The van der Waals surface area contributed by atoms with Gasteiger partial charge in [0.1, 0.15) is 6.04 Å². The number of nitrogens with one attached hydrogen (secondary N) is 1. The van der Waals surface area contributed by atoms with Crippen LogP contribution in [0.5, 0.6) is 11.5 Å². The maximum Gasteiger partial charge on any atom is 0.416 e. The second kappa shape index (κ2) is 10.5. The Balaban J connectivity index is 1.92. The largest absolute Gasteiger partial charge is 0.493 e. The number of carbonyl (C=O) groups excluding carboxylic acids is 4. The first-order valence-electron chi connectivity index (χ1n) is 10.5. The summed E-state index contributed by atoms with van der Waals surface area (Å²) in [6.45, 7) is 1.53. The zero-order valence-electron chi connectivity index (χ0n) is 19.5. The normalized spacial score (nSPS) is 15.8.